The highest BCUT2D eigenvalue weighted by Gasteiger charge is 2.18. The highest BCUT2D eigenvalue weighted by Crippen LogP contribution is 2.26. The van der Waals surface area contributed by atoms with Gasteiger partial charge in [0.05, 0.1) is 5.69 Å². The summed E-state index contributed by atoms with van der Waals surface area (Å²) in [7, 11) is 0. The molecule has 0 aliphatic heterocycles. The van der Waals surface area contributed by atoms with Crippen LogP contribution in [0.4, 0.5) is 0 Å². The molecular formula is C17H18N4O2S. The summed E-state index contributed by atoms with van der Waals surface area (Å²) in [5.74, 6) is -0.523. The largest absolute Gasteiger partial charge is 0.293 e. The Hall–Kier alpha value is -2.67. The second-order valence-corrected chi connectivity index (χ2v) is 6.39. The smallest absolute Gasteiger partial charge is 0.281 e. The number of nitrogens with zero attached hydrogens (tertiary/aromatic N) is 2. The van der Waals surface area contributed by atoms with E-state index in [2.05, 4.69) is 15.8 Å². The zero-order valence-electron chi connectivity index (χ0n) is 13.5. The second kappa shape index (κ2) is 6.84. The molecule has 3 rings (SSSR count). The van der Waals surface area contributed by atoms with Crippen LogP contribution >= 0.6 is 11.3 Å². The van der Waals surface area contributed by atoms with E-state index in [9.17, 15) is 9.59 Å². The van der Waals surface area contributed by atoms with Gasteiger partial charge in [-0.3, -0.25) is 24.8 Å². The third kappa shape index (κ3) is 3.16. The van der Waals surface area contributed by atoms with Crippen LogP contribution in [-0.2, 0) is 4.79 Å². The average molecular weight is 342 g/mol. The molecule has 6 nitrogen and oxygen atoms in total. The van der Waals surface area contributed by atoms with E-state index in [0.717, 1.165) is 28.3 Å². The van der Waals surface area contributed by atoms with Crippen molar-refractivity contribution in [2.45, 2.75) is 26.7 Å². The Balaban J connectivity index is 1.81. The van der Waals surface area contributed by atoms with Crippen molar-refractivity contribution < 1.29 is 9.59 Å². The number of carbonyl (C=O) groups excluding carboxylic acids is 2. The maximum absolute atomic E-state index is 12.2. The second-order valence-electron chi connectivity index (χ2n) is 5.41. The van der Waals surface area contributed by atoms with Crippen LogP contribution in [-0.4, -0.2) is 21.2 Å². The van der Waals surface area contributed by atoms with Crippen LogP contribution in [0.1, 0.15) is 35.1 Å². The first kappa shape index (κ1) is 16.2. The van der Waals surface area contributed by atoms with E-state index in [-0.39, 0.29) is 11.8 Å². The summed E-state index contributed by atoms with van der Waals surface area (Å²) < 4.78 is 1.90. The van der Waals surface area contributed by atoms with E-state index in [1.165, 1.54) is 11.3 Å². The molecule has 0 aliphatic carbocycles. The van der Waals surface area contributed by atoms with Gasteiger partial charge >= 0.3 is 0 Å². The molecule has 2 heterocycles. The lowest BCUT2D eigenvalue weighted by Crippen LogP contribution is -2.41. The Morgan fingerprint density at radius 1 is 1.21 bits per heavy atom. The van der Waals surface area contributed by atoms with Crippen molar-refractivity contribution in [1.82, 2.24) is 20.2 Å². The number of hydrogen-bond acceptors (Lipinski definition) is 4. The maximum atomic E-state index is 12.2. The van der Waals surface area contributed by atoms with E-state index >= 15 is 0 Å². The lowest BCUT2D eigenvalue weighted by atomic mass is 10.2. The molecule has 0 aliphatic rings. The molecule has 0 spiro atoms. The Kier molecular flexibility index (Phi) is 4.61. The van der Waals surface area contributed by atoms with Gasteiger partial charge in [0.15, 0.2) is 4.96 Å². The number of imidazole rings is 1. The first-order valence-electron chi connectivity index (χ1n) is 7.73. The first-order valence-corrected chi connectivity index (χ1v) is 8.55. The number of nitrogens with one attached hydrogen (secondary N) is 2. The maximum Gasteiger partial charge on any atom is 0.281 e. The normalized spacial score (nSPS) is 10.8. The molecule has 3 aromatic rings. The molecule has 24 heavy (non-hydrogen) atoms. The van der Waals surface area contributed by atoms with Crippen LogP contribution in [0, 0.1) is 6.92 Å². The number of fused-ring (bicyclic) bond motifs is 1. The fraction of sp³-hybridized carbons (Fsp3) is 0.235. The zero-order valence-corrected chi connectivity index (χ0v) is 14.3. The summed E-state index contributed by atoms with van der Waals surface area (Å²) in [6, 6.07) is 9.89. The molecule has 7 heteroatoms. The van der Waals surface area contributed by atoms with E-state index in [1.54, 1.807) is 0 Å². The fourth-order valence-electron chi connectivity index (χ4n) is 2.38. The number of hydrogen-bond donors (Lipinski definition) is 2. The lowest BCUT2D eigenvalue weighted by molar-refractivity contribution is -0.121. The standard InChI is InChI=1S/C17H18N4O2S/c1-3-7-14(22)19-20-16(23)15-11(2)21-10-13(18-17(21)24-15)12-8-5-4-6-9-12/h4-6,8-10H,3,7H2,1-2H3,(H,19,22)(H,20,23). The van der Waals surface area contributed by atoms with Gasteiger partial charge in [-0.2, -0.15) is 0 Å². The van der Waals surface area contributed by atoms with Crippen LogP contribution in [0.15, 0.2) is 36.5 Å². The molecule has 0 saturated heterocycles. The van der Waals surface area contributed by atoms with Crippen LogP contribution in [0.5, 0.6) is 0 Å². The number of aromatic nitrogens is 2. The summed E-state index contributed by atoms with van der Waals surface area (Å²) in [5.41, 5.74) is 7.57. The molecule has 1 aromatic carbocycles. The van der Waals surface area contributed by atoms with Crippen molar-refractivity contribution in [3.8, 4) is 11.3 Å². The summed E-state index contributed by atoms with van der Waals surface area (Å²) in [4.78, 5) is 29.6. The van der Waals surface area contributed by atoms with Gasteiger partial charge in [-0.1, -0.05) is 48.6 Å². The van der Waals surface area contributed by atoms with Crippen LogP contribution in [0.2, 0.25) is 0 Å². The van der Waals surface area contributed by atoms with Gasteiger partial charge in [0, 0.05) is 23.9 Å². The predicted octanol–water partition coefficient (Wildman–Crippen LogP) is 2.93. The number of thiazole rings is 1. The van der Waals surface area contributed by atoms with Gasteiger partial charge in [0.2, 0.25) is 5.91 Å². The van der Waals surface area contributed by atoms with Crippen molar-refractivity contribution in [2.24, 2.45) is 0 Å². The van der Waals surface area contributed by atoms with E-state index in [1.807, 2.05) is 54.8 Å². The number of carbonyl (C=O) groups is 2. The highest BCUT2D eigenvalue weighted by atomic mass is 32.1. The molecule has 0 fully saturated rings. The Morgan fingerprint density at radius 2 is 1.96 bits per heavy atom. The average Bonchev–Trinajstić information content (AvgIpc) is 3.14. The molecule has 2 N–H and O–H groups in total. The summed E-state index contributed by atoms with van der Waals surface area (Å²) in [6.45, 7) is 3.77. The zero-order chi connectivity index (χ0) is 17.1. The fourth-order valence-corrected chi connectivity index (χ4v) is 3.39. The third-order valence-electron chi connectivity index (χ3n) is 3.63. The van der Waals surface area contributed by atoms with Crippen molar-refractivity contribution >= 4 is 28.1 Å². The number of aryl methyl sites for hydroxylation is 1. The number of hydrazine groups is 1. The first-order chi connectivity index (χ1) is 11.6. The Morgan fingerprint density at radius 3 is 2.62 bits per heavy atom. The molecular weight excluding hydrogens is 324 g/mol. The third-order valence-corrected chi connectivity index (χ3v) is 4.78. The Labute approximate surface area is 143 Å². The van der Waals surface area contributed by atoms with Crippen molar-refractivity contribution in [3.05, 3.63) is 47.1 Å². The summed E-state index contributed by atoms with van der Waals surface area (Å²) in [6.07, 6.45) is 3.03. The van der Waals surface area contributed by atoms with Gasteiger partial charge < -0.3 is 0 Å². The SMILES string of the molecule is CCCC(=O)NNC(=O)c1sc2nc(-c3ccccc3)cn2c1C. The monoisotopic (exact) mass is 342 g/mol. The molecule has 0 unspecified atom stereocenters. The van der Waals surface area contributed by atoms with Crippen molar-refractivity contribution in [1.29, 1.82) is 0 Å². The molecule has 0 saturated carbocycles. The van der Waals surface area contributed by atoms with Crippen molar-refractivity contribution in [2.75, 3.05) is 0 Å². The van der Waals surface area contributed by atoms with Gasteiger partial charge in [-0.15, -0.1) is 0 Å². The minimum atomic E-state index is -0.325. The van der Waals surface area contributed by atoms with Crippen LogP contribution in [0.3, 0.4) is 0 Å². The quantitative estimate of drug-likeness (QED) is 0.716. The molecule has 0 atom stereocenters. The number of benzene rings is 1. The minimum absolute atomic E-state index is 0.198. The minimum Gasteiger partial charge on any atom is -0.293 e. The molecule has 124 valence electrons. The van der Waals surface area contributed by atoms with Gasteiger partial charge in [-0.05, 0) is 13.3 Å². The van der Waals surface area contributed by atoms with Crippen LogP contribution < -0.4 is 10.9 Å². The van der Waals surface area contributed by atoms with Crippen molar-refractivity contribution in [3.63, 3.8) is 0 Å². The molecule has 2 aromatic heterocycles. The lowest BCUT2D eigenvalue weighted by Gasteiger charge is -2.05. The number of rotatable bonds is 4. The van der Waals surface area contributed by atoms with E-state index < -0.39 is 0 Å². The van der Waals surface area contributed by atoms with Gasteiger partial charge in [0.1, 0.15) is 4.88 Å². The topological polar surface area (TPSA) is 75.5 Å². The van der Waals surface area contributed by atoms with E-state index in [0.29, 0.717) is 11.3 Å². The van der Waals surface area contributed by atoms with Crippen LogP contribution in [0.25, 0.3) is 16.2 Å². The van der Waals surface area contributed by atoms with Gasteiger partial charge in [0.25, 0.3) is 5.91 Å². The highest BCUT2D eigenvalue weighted by molar-refractivity contribution is 7.19. The predicted molar refractivity (Wildman–Crippen MR) is 93.8 cm³/mol. The summed E-state index contributed by atoms with van der Waals surface area (Å²) >= 11 is 1.30. The Bertz CT molecular complexity index is 883. The number of amides is 2. The molecule has 0 bridgehead atoms. The molecule has 2 amide bonds. The van der Waals surface area contributed by atoms with Gasteiger partial charge in [-0.25, -0.2) is 4.98 Å². The molecule has 0 radical (unpaired) electrons. The van der Waals surface area contributed by atoms with E-state index in [4.69, 9.17) is 0 Å². The summed E-state index contributed by atoms with van der Waals surface area (Å²) in [5, 5.41) is 0.